The number of fused-ring (bicyclic) bond motifs is 1. The van der Waals surface area contributed by atoms with Crippen molar-refractivity contribution in [2.75, 3.05) is 19.0 Å². The van der Waals surface area contributed by atoms with E-state index in [0.29, 0.717) is 0 Å². The predicted molar refractivity (Wildman–Crippen MR) is 153 cm³/mol. The summed E-state index contributed by atoms with van der Waals surface area (Å²) in [6, 6.07) is 0.803. The zero-order valence-electron chi connectivity index (χ0n) is 23.7. The number of alkyl halides is 1. The lowest BCUT2D eigenvalue weighted by Crippen LogP contribution is -2.35. The van der Waals surface area contributed by atoms with E-state index in [1.54, 1.807) is 0 Å². The summed E-state index contributed by atoms with van der Waals surface area (Å²) in [6.45, 7) is 8.83. The molecule has 5 rings (SSSR count). The smallest absolute Gasteiger partial charge is 0.252 e. The number of aryl methyl sites for hydroxylation is 3. The van der Waals surface area contributed by atoms with Crippen LogP contribution in [0, 0.1) is 44.4 Å². The molecule has 2 aliphatic carbocycles. The van der Waals surface area contributed by atoms with Gasteiger partial charge in [-0.05, 0) is 95.1 Å². The Hall–Kier alpha value is -1.20. The molecule has 2 saturated carbocycles. The van der Waals surface area contributed by atoms with Crippen LogP contribution in [0.4, 0.5) is 0 Å². The highest BCUT2D eigenvalue weighted by Crippen LogP contribution is 2.38. The van der Waals surface area contributed by atoms with E-state index in [9.17, 15) is 0 Å². The second kappa shape index (κ2) is 12.8. The Morgan fingerprint density at radius 2 is 1.41 bits per heavy atom. The minimum absolute atomic E-state index is 0.732. The first-order valence-corrected chi connectivity index (χ1v) is 16.0. The van der Waals surface area contributed by atoms with Gasteiger partial charge in [0.25, 0.3) is 5.78 Å². The number of hydrogen-bond acceptors (Lipinski definition) is 4. The van der Waals surface area contributed by atoms with Crippen LogP contribution >= 0.6 is 11.6 Å². The fraction of sp³-hybridized carbons (Fsp3) is 0.839. The standard InChI is InChI=1S/C31H50ClN5/c1-22-30(23(2)37-31(33-22)34-24(3)35-37)19-26-17-18-36(21-26)29-15-7-13-28(14-8-16-29)27-11-5-4-9-25(20-32)10-6-12-27/h25-29H,4-21H2,1-3H3. The van der Waals surface area contributed by atoms with Crippen LogP contribution in [0.1, 0.15) is 113 Å². The van der Waals surface area contributed by atoms with Crippen LogP contribution in [0.5, 0.6) is 0 Å². The van der Waals surface area contributed by atoms with Gasteiger partial charge in [0.15, 0.2) is 0 Å². The molecule has 0 radical (unpaired) electrons. The molecule has 2 aromatic rings. The van der Waals surface area contributed by atoms with Gasteiger partial charge in [-0.25, -0.2) is 9.50 Å². The molecule has 3 heterocycles. The summed E-state index contributed by atoms with van der Waals surface area (Å²) in [5.74, 6) is 5.89. The summed E-state index contributed by atoms with van der Waals surface area (Å²) in [5, 5.41) is 4.59. The van der Waals surface area contributed by atoms with E-state index in [2.05, 4.69) is 28.8 Å². The number of nitrogens with zero attached hydrogens (tertiary/aromatic N) is 5. The van der Waals surface area contributed by atoms with Crippen LogP contribution < -0.4 is 0 Å². The van der Waals surface area contributed by atoms with Crippen molar-refractivity contribution in [1.82, 2.24) is 24.5 Å². The molecule has 206 valence electrons. The van der Waals surface area contributed by atoms with Crippen molar-refractivity contribution in [3.05, 3.63) is 22.8 Å². The summed E-state index contributed by atoms with van der Waals surface area (Å²) in [5.41, 5.74) is 3.75. The van der Waals surface area contributed by atoms with Gasteiger partial charge in [0.2, 0.25) is 0 Å². The molecule has 3 aliphatic rings. The third kappa shape index (κ3) is 6.69. The highest BCUT2D eigenvalue weighted by atomic mass is 35.5. The number of hydrogen-bond donors (Lipinski definition) is 0. The zero-order chi connectivity index (χ0) is 25.8. The molecule has 3 atom stereocenters. The largest absolute Gasteiger partial charge is 0.300 e. The Morgan fingerprint density at radius 3 is 2.14 bits per heavy atom. The molecular formula is C31H50ClN5. The fourth-order valence-corrected chi connectivity index (χ4v) is 8.34. The minimum atomic E-state index is 0.732. The van der Waals surface area contributed by atoms with Gasteiger partial charge in [-0.3, -0.25) is 0 Å². The van der Waals surface area contributed by atoms with Crippen LogP contribution in [-0.2, 0) is 6.42 Å². The highest BCUT2D eigenvalue weighted by molar-refractivity contribution is 6.18. The second-order valence-electron chi connectivity index (χ2n) is 12.8. The molecule has 0 N–H and O–H groups in total. The molecule has 37 heavy (non-hydrogen) atoms. The van der Waals surface area contributed by atoms with E-state index in [4.69, 9.17) is 16.6 Å². The van der Waals surface area contributed by atoms with E-state index in [0.717, 1.165) is 59.3 Å². The van der Waals surface area contributed by atoms with E-state index in [1.165, 1.54) is 114 Å². The van der Waals surface area contributed by atoms with Gasteiger partial charge in [-0.15, -0.1) is 11.6 Å². The van der Waals surface area contributed by atoms with Crippen LogP contribution in [0.3, 0.4) is 0 Å². The van der Waals surface area contributed by atoms with Gasteiger partial charge in [-0.2, -0.15) is 10.1 Å². The molecule has 2 aromatic heterocycles. The van der Waals surface area contributed by atoms with Gasteiger partial charge in [0, 0.05) is 29.9 Å². The quantitative estimate of drug-likeness (QED) is 0.378. The normalized spacial score (nSPS) is 31.0. The summed E-state index contributed by atoms with van der Waals surface area (Å²) in [6.07, 6.45) is 21.0. The molecule has 3 fully saturated rings. The topological polar surface area (TPSA) is 46.3 Å². The van der Waals surface area contributed by atoms with Gasteiger partial charge in [0.1, 0.15) is 5.82 Å². The van der Waals surface area contributed by atoms with Gasteiger partial charge in [-0.1, -0.05) is 57.8 Å². The Kier molecular flexibility index (Phi) is 9.45. The lowest BCUT2D eigenvalue weighted by molar-refractivity contribution is 0.164. The number of rotatable bonds is 5. The maximum absolute atomic E-state index is 6.22. The molecule has 1 aliphatic heterocycles. The van der Waals surface area contributed by atoms with Crippen molar-refractivity contribution in [3.8, 4) is 0 Å². The van der Waals surface area contributed by atoms with Crippen molar-refractivity contribution in [2.24, 2.45) is 23.7 Å². The Bertz CT molecular complexity index is 1010. The SMILES string of the molecule is Cc1nc2nc(C)c(CC3CCN(C4CCCC(C5CCCCC(CCl)CCC5)CCC4)C3)c(C)n2n1. The van der Waals surface area contributed by atoms with Gasteiger partial charge >= 0.3 is 0 Å². The van der Waals surface area contributed by atoms with Crippen LogP contribution in [0.2, 0.25) is 0 Å². The monoisotopic (exact) mass is 527 g/mol. The Labute approximate surface area is 230 Å². The average molecular weight is 528 g/mol. The van der Waals surface area contributed by atoms with E-state index < -0.39 is 0 Å². The molecule has 0 amide bonds. The molecule has 0 bridgehead atoms. The molecule has 1 saturated heterocycles. The summed E-state index contributed by atoms with van der Waals surface area (Å²) in [4.78, 5) is 12.1. The number of aromatic nitrogens is 4. The van der Waals surface area contributed by atoms with Gasteiger partial charge < -0.3 is 4.90 Å². The first kappa shape index (κ1) is 27.4. The van der Waals surface area contributed by atoms with E-state index in [1.807, 2.05) is 11.4 Å². The molecule has 0 aromatic carbocycles. The minimum Gasteiger partial charge on any atom is -0.300 e. The Morgan fingerprint density at radius 1 is 0.757 bits per heavy atom. The van der Waals surface area contributed by atoms with Crippen molar-refractivity contribution in [3.63, 3.8) is 0 Å². The van der Waals surface area contributed by atoms with Crippen molar-refractivity contribution < 1.29 is 0 Å². The molecule has 6 heteroatoms. The third-order valence-electron chi connectivity index (χ3n) is 10.2. The van der Waals surface area contributed by atoms with E-state index >= 15 is 0 Å². The van der Waals surface area contributed by atoms with Crippen LogP contribution in [-0.4, -0.2) is 49.5 Å². The first-order chi connectivity index (χ1) is 18.0. The van der Waals surface area contributed by atoms with Crippen LogP contribution in [0.15, 0.2) is 0 Å². The number of likely N-dealkylation sites (tertiary alicyclic amines) is 1. The maximum Gasteiger partial charge on any atom is 0.252 e. The first-order valence-electron chi connectivity index (χ1n) is 15.5. The van der Waals surface area contributed by atoms with E-state index in [-0.39, 0.29) is 0 Å². The lowest BCUT2D eigenvalue weighted by Gasteiger charge is -2.34. The summed E-state index contributed by atoms with van der Waals surface area (Å²) >= 11 is 6.22. The van der Waals surface area contributed by atoms with Crippen molar-refractivity contribution in [1.29, 1.82) is 0 Å². The lowest BCUT2D eigenvalue weighted by atomic mass is 9.76. The summed E-state index contributed by atoms with van der Waals surface area (Å²) < 4.78 is 1.95. The predicted octanol–water partition coefficient (Wildman–Crippen LogP) is 7.47. The third-order valence-corrected chi connectivity index (χ3v) is 10.7. The molecule has 0 spiro atoms. The Balaban J connectivity index is 1.12. The summed E-state index contributed by atoms with van der Waals surface area (Å²) in [7, 11) is 0. The fourth-order valence-electron chi connectivity index (χ4n) is 8.03. The van der Waals surface area contributed by atoms with Crippen molar-refractivity contribution in [2.45, 2.75) is 123 Å². The molecule has 3 unspecified atom stereocenters. The average Bonchev–Trinajstić information content (AvgIpc) is 3.50. The van der Waals surface area contributed by atoms with Gasteiger partial charge in [0.05, 0.1) is 0 Å². The molecule has 5 nitrogen and oxygen atoms in total. The number of halogens is 1. The second-order valence-corrected chi connectivity index (χ2v) is 13.1. The highest BCUT2D eigenvalue weighted by Gasteiger charge is 2.31. The molecular weight excluding hydrogens is 478 g/mol. The zero-order valence-corrected chi connectivity index (χ0v) is 24.5. The van der Waals surface area contributed by atoms with Crippen LogP contribution in [0.25, 0.3) is 5.78 Å². The van der Waals surface area contributed by atoms with Crippen molar-refractivity contribution >= 4 is 17.4 Å². The maximum atomic E-state index is 6.22.